The lowest BCUT2D eigenvalue weighted by Gasteiger charge is -2.24. The zero-order chi connectivity index (χ0) is 26.3. The van der Waals surface area contributed by atoms with E-state index in [1.54, 1.807) is 37.3 Å². The van der Waals surface area contributed by atoms with E-state index in [-0.39, 0.29) is 40.2 Å². The number of ketones is 1. The highest BCUT2D eigenvalue weighted by Crippen LogP contribution is 2.44. The Morgan fingerprint density at radius 3 is 2.65 bits per heavy atom. The van der Waals surface area contributed by atoms with Crippen molar-refractivity contribution in [3.8, 4) is 17.2 Å². The second-order valence-electron chi connectivity index (χ2n) is 8.25. The van der Waals surface area contributed by atoms with Gasteiger partial charge in [-0.2, -0.15) is 0 Å². The standard InChI is InChI=1S/C27H22ClN3O6/c1-3-37-21-12-14(8-11-20(21)32)23-22(24(33)16-13-15(36-2)9-10-17(16)28)25(34)26(35)31(23)27-29-18-6-4-5-7-19(18)30-27/h4-13,23,32-33H,3H2,1-2H3,(H,29,30)/b24-22+. The Hall–Kier alpha value is -4.50. The first-order valence-electron chi connectivity index (χ1n) is 11.4. The third kappa shape index (κ3) is 4.13. The summed E-state index contributed by atoms with van der Waals surface area (Å²) in [6.07, 6.45) is 0. The second kappa shape index (κ2) is 9.51. The summed E-state index contributed by atoms with van der Waals surface area (Å²) >= 11 is 6.37. The van der Waals surface area contributed by atoms with Crippen LogP contribution in [0.5, 0.6) is 17.2 Å². The van der Waals surface area contributed by atoms with Crippen LogP contribution in [0.4, 0.5) is 5.95 Å². The second-order valence-corrected chi connectivity index (χ2v) is 8.66. The van der Waals surface area contributed by atoms with Crippen molar-refractivity contribution < 1.29 is 29.3 Å². The van der Waals surface area contributed by atoms with Gasteiger partial charge in [0.25, 0.3) is 5.78 Å². The van der Waals surface area contributed by atoms with Crippen LogP contribution in [0.25, 0.3) is 16.8 Å². The van der Waals surface area contributed by atoms with E-state index in [1.807, 2.05) is 6.07 Å². The van der Waals surface area contributed by atoms with Gasteiger partial charge in [-0.15, -0.1) is 0 Å². The van der Waals surface area contributed by atoms with Crippen LogP contribution in [0.2, 0.25) is 5.02 Å². The molecular weight excluding hydrogens is 498 g/mol. The van der Waals surface area contributed by atoms with Crippen LogP contribution < -0.4 is 14.4 Å². The largest absolute Gasteiger partial charge is 0.507 e. The van der Waals surface area contributed by atoms with Crippen molar-refractivity contribution in [3.05, 3.63) is 82.4 Å². The minimum Gasteiger partial charge on any atom is -0.507 e. The number of aromatic amines is 1. The van der Waals surface area contributed by atoms with E-state index < -0.39 is 23.5 Å². The van der Waals surface area contributed by atoms with Gasteiger partial charge in [-0.05, 0) is 55.0 Å². The molecule has 10 heteroatoms. The summed E-state index contributed by atoms with van der Waals surface area (Å²) in [6.45, 7) is 2.04. The Morgan fingerprint density at radius 2 is 1.92 bits per heavy atom. The lowest BCUT2D eigenvalue weighted by atomic mass is 9.95. The number of fused-ring (bicyclic) bond motifs is 1. The molecule has 1 amide bonds. The number of nitrogens with zero attached hydrogens (tertiary/aromatic N) is 2. The maximum atomic E-state index is 13.4. The Labute approximate surface area is 216 Å². The summed E-state index contributed by atoms with van der Waals surface area (Å²) in [5.74, 6) is -1.72. The number of aliphatic hydroxyl groups excluding tert-OH is 1. The zero-order valence-electron chi connectivity index (χ0n) is 19.9. The van der Waals surface area contributed by atoms with E-state index in [4.69, 9.17) is 21.1 Å². The molecule has 5 rings (SSSR count). The number of hydrogen-bond acceptors (Lipinski definition) is 7. The molecule has 1 aromatic heterocycles. The van der Waals surface area contributed by atoms with Gasteiger partial charge in [-0.3, -0.25) is 14.5 Å². The fourth-order valence-electron chi connectivity index (χ4n) is 4.35. The highest BCUT2D eigenvalue weighted by Gasteiger charge is 2.48. The van der Waals surface area contributed by atoms with Crippen molar-refractivity contribution in [2.45, 2.75) is 13.0 Å². The molecule has 0 saturated carbocycles. The van der Waals surface area contributed by atoms with Gasteiger partial charge in [0.05, 0.1) is 41.4 Å². The summed E-state index contributed by atoms with van der Waals surface area (Å²) in [7, 11) is 1.46. The number of rotatable bonds is 6. The number of aliphatic hydroxyl groups is 1. The predicted octanol–water partition coefficient (Wildman–Crippen LogP) is 4.96. The molecule has 0 radical (unpaired) electrons. The highest BCUT2D eigenvalue weighted by molar-refractivity contribution is 6.51. The molecule has 1 aliphatic heterocycles. The summed E-state index contributed by atoms with van der Waals surface area (Å²) in [4.78, 5) is 35.6. The normalized spacial score (nSPS) is 16.9. The van der Waals surface area contributed by atoms with Gasteiger partial charge in [0.2, 0.25) is 5.95 Å². The number of halogens is 1. The number of phenols is 1. The maximum absolute atomic E-state index is 13.4. The molecule has 188 valence electrons. The van der Waals surface area contributed by atoms with Gasteiger partial charge in [-0.25, -0.2) is 4.98 Å². The number of aromatic nitrogens is 2. The summed E-state index contributed by atoms with van der Waals surface area (Å²) in [6, 6.07) is 15.1. The molecule has 0 spiro atoms. The fraction of sp³-hybridized carbons (Fsp3) is 0.148. The van der Waals surface area contributed by atoms with E-state index in [9.17, 15) is 19.8 Å². The van der Waals surface area contributed by atoms with E-state index in [2.05, 4.69) is 9.97 Å². The number of hydrogen-bond donors (Lipinski definition) is 3. The number of Topliss-reactive ketones (excluding diaryl/α,β-unsaturated/α-hetero) is 1. The molecule has 2 heterocycles. The SMILES string of the molecule is CCOc1cc(C2/C(=C(\O)c3cc(OC)ccc3Cl)C(=O)C(=O)N2c2nc3ccccc3[nH]2)ccc1O. The number of H-pyrrole nitrogens is 1. The number of anilines is 1. The van der Waals surface area contributed by atoms with Crippen molar-refractivity contribution in [2.24, 2.45) is 0 Å². The fourth-order valence-corrected chi connectivity index (χ4v) is 4.56. The van der Waals surface area contributed by atoms with Crippen molar-refractivity contribution in [2.75, 3.05) is 18.6 Å². The molecule has 1 saturated heterocycles. The van der Waals surface area contributed by atoms with Crippen molar-refractivity contribution >= 4 is 46.0 Å². The number of methoxy groups -OCH3 is 1. The van der Waals surface area contributed by atoms with E-state index in [0.29, 0.717) is 22.3 Å². The number of aromatic hydroxyl groups is 1. The molecule has 0 bridgehead atoms. The van der Waals surface area contributed by atoms with Crippen molar-refractivity contribution in [3.63, 3.8) is 0 Å². The Kier molecular flexibility index (Phi) is 6.22. The average Bonchev–Trinajstić information content (AvgIpc) is 3.44. The number of carbonyl (C=O) groups is 2. The van der Waals surface area contributed by atoms with Crippen LogP contribution in [-0.4, -0.2) is 45.6 Å². The number of para-hydroxylation sites is 2. The lowest BCUT2D eigenvalue weighted by Crippen LogP contribution is -2.30. The smallest absolute Gasteiger partial charge is 0.302 e. The van der Waals surface area contributed by atoms with Crippen LogP contribution in [0.1, 0.15) is 24.1 Å². The van der Waals surface area contributed by atoms with Gasteiger partial charge in [0.15, 0.2) is 11.5 Å². The Balaban J connectivity index is 1.76. The molecule has 1 atom stereocenters. The van der Waals surface area contributed by atoms with Crippen molar-refractivity contribution in [1.82, 2.24) is 9.97 Å². The number of nitrogens with one attached hydrogen (secondary N) is 1. The number of amides is 1. The first-order valence-corrected chi connectivity index (χ1v) is 11.8. The first-order chi connectivity index (χ1) is 17.8. The summed E-state index contributed by atoms with van der Waals surface area (Å²) in [5.41, 5.74) is 1.58. The number of ether oxygens (including phenoxy) is 2. The molecule has 1 aliphatic rings. The van der Waals surface area contributed by atoms with Crippen LogP contribution in [0, 0.1) is 0 Å². The van der Waals surface area contributed by atoms with Crippen LogP contribution >= 0.6 is 11.6 Å². The zero-order valence-corrected chi connectivity index (χ0v) is 20.6. The van der Waals surface area contributed by atoms with E-state index in [1.165, 1.54) is 36.3 Å². The molecule has 1 unspecified atom stereocenters. The molecule has 3 N–H and O–H groups in total. The van der Waals surface area contributed by atoms with Crippen LogP contribution in [0.15, 0.2) is 66.2 Å². The van der Waals surface area contributed by atoms with Gasteiger partial charge in [0, 0.05) is 5.56 Å². The monoisotopic (exact) mass is 519 g/mol. The number of phenolic OH excluding ortho intramolecular Hbond substituents is 1. The number of imidazole rings is 1. The third-order valence-electron chi connectivity index (χ3n) is 6.08. The first kappa shape index (κ1) is 24.2. The van der Waals surface area contributed by atoms with E-state index >= 15 is 0 Å². The minimum atomic E-state index is -1.11. The predicted molar refractivity (Wildman–Crippen MR) is 138 cm³/mol. The summed E-state index contributed by atoms with van der Waals surface area (Å²) in [5, 5.41) is 21.8. The van der Waals surface area contributed by atoms with Gasteiger partial charge in [0.1, 0.15) is 11.5 Å². The molecule has 4 aromatic rings. The van der Waals surface area contributed by atoms with Crippen molar-refractivity contribution in [1.29, 1.82) is 0 Å². The number of benzene rings is 3. The molecule has 1 fully saturated rings. The van der Waals surface area contributed by atoms with Gasteiger partial charge < -0.3 is 24.7 Å². The quantitative estimate of drug-likeness (QED) is 0.187. The Bertz CT molecular complexity index is 1540. The van der Waals surface area contributed by atoms with Crippen LogP contribution in [-0.2, 0) is 9.59 Å². The molecule has 0 aliphatic carbocycles. The summed E-state index contributed by atoms with van der Waals surface area (Å²) < 4.78 is 10.8. The molecule has 3 aromatic carbocycles. The lowest BCUT2D eigenvalue weighted by molar-refractivity contribution is -0.132. The maximum Gasteiger partial charge on any atom is 0.302 e. The topological polar surface area (TPSA) is 125 Å². The number of carbonyl (C=O) groups excluding carboxylic acids is 2. The van der Waals surface area contributed by atoms with E-state index in [0.717, 1.165) is 0 Å². The van der Waals surface area contributed by atoms with Gasteiger partial charge in [-0.1, -0.05) is 29.8 Å². The minimum absolute atomic E-state index is 0.109. The van der Waals surface area contributed by atoms with Crippen LogP contribution in [0.3, 0.4) is 0 Å². The molecule has 37 heavy (non-hydrogen) atoms. The highest BCUT2D eigenvalue weighted by atomic mass is 35.5. The molecular formula is C27H22ClN3O6. The average molecular weight is 520 g/mol. The third-order valence-corrected chi connectivity index (χ3v) is 6.41. The van der Waals surface area contributed by atoms with Gasteiger partial charge >= 0.3 is 5.91 Å². The molecule has 9 nitrogen and oxygen atoms in total. The Morgan fingerprint density at radius 1 is 1.14 bits per heavy atom.